The Labute approximate surface area is 133 Å². The maximum atomic E-state index is 5.94. The van der Waals surface area contributed by atoms with Crippen LogP contribution in [0.25, 0.3) is 0 Å². The summed E-state index contributed by atoms with van der Waals surface area (Å²) < 4.78 is 5.94. The van der Waals surface area contributed by atoms with Crippen LogP contribution < -0.4 is 0 Å². The minimum atomic E-state index is -1.44. The smallest absolute Gasteiger partial charge is 0.237 e. The lowest BCUT2D eigenvalue weighted by molar-refractivity contribution is 0.0251. The van der Waals surface area contributed by atoms with E-state index < -0.39 is 7.42 Å². The summed E-state index contributed by atoms with van der Waals surface area (Å²) in [6.45, 7) is 2.96. The molecule has 0 atom stereocenters. The zero-order valence-corrected chi connectivity index (χ0v) is 14.8. The quantitative estimate of drug-likeness (QED) is 0.399. The summed E-state index contributed by atoms with van der Waals surface area (Å²) in [5.41, 5.74) is 2.83. The normalized spacial score (nSPS) is 23.2. The predicted octanol–water partition coefficient (Wildman–Crippen LogP) is 5.13. The third-order valence-corrected chi connectivity index (χ3v) is 6.30. The molecule has 1 saturated carbocycles. The van der Waals surface area contributed by atoms with Crippen LogP contribution in [0, 0.1) is 6.92 Å². The number of rotatable bonds is 6. The standard InChI is InChI=1S/C16H24Cl2OSi/c1-13-3-5-14(6-4-13)15-7-9-16(10-8-15)19-11-2-12-20(17)18/h3-6,15-16,20H,2,7-12H2,1H3. The van der Waals surface area contributed by atoms with Gasteiger partial charge < -0.3 is 4.74 Å². The topological polar surface area (TPSA) is 9.23 Å². The van der Waals surface area contributed by atoms with Crippen molar-refractivity contribution >= 4 is 29.6 Å². The van der Waals surface area contributed by atoms with Crippen molar-refractivity contribution in [2.24, 2.45) is 0 Å². The summed E-state index contributed by atoms with van der Waals surface area (Å²) >= 11 is 11.7. The molecule has 0 bridgehead atoms. The molecule has 0 aliphatic heterocycles. The van der Waals surface area contributed by atoms with Gasteiger partial charge in [-0.25, -0.2) is 0 Å². The molecule has 0 amide bonds. The maximum absolute atomic E-state index is 5.94. The second-order valence-corrected chi connectivity index (χ2v) is 11.0. The molecule has 4 heteroatoms. The molecular weight excluding hydrogens is 307 g/mol. The molecule has 1 aromatic rings. The van der Waals surface area contributed by atoms with Crippen LogP contribution in [0.1, 0.15) is 49.1 Å². The first-order chi connectivity index (χ1) is 9.65. The van der Waals surface area contributed by atoms with Crippen molar-refractivity contribution in [3.8, 4) is 0 Å². The van der Waals surface area contributed by atoms with Gasteiger partial charge in [-0.15, -0.1) is 0 Å². The second kappa shape index (κ2) is 8.43. The molecule has 0 N–H and O–H groups in total. The average Bonchev–Trinajstić information content (AvgIpc) is 2.45. The van der Waals surface area contributed by atoms with Crippen molar-refractivity contribution in [2.75, 3.05) is 6.61 Å². The van der Waals surface area contributed by atoms with Crippen molar-refractivity contribution < 1.29 is 4.74 Å². The molecule has 112 valence electrons. The number of halogens is 2. The van der Waals surface area contributed by atoms with E-state index in [2.05, 4.69) is 31.2 Å². The highest BCUT2D eigenvalue weighted by atomic mass is 35.7. The lowest BCUT2D eigenvalue weighted by Crippen LogP contribution is -2.21. The Kier molecular flexibility index (Phi) is 6.89. The van der Waals surface area contributed by atoms with Gasteiger partial charge in [0, 0.05) is 6.61 Å². The summed E-state index contributed by atoms with van der Waals surface area (Å²) in [7, 11) is -1.44. The second-order valence-electron chi connectivity index (χ2n) is 5.79. The molecule has 1 fully saturated rings. The number of hydrogen-bond donors (Lipinski definition) is 0. The highest BCUT2D eigenvalue weighted by Crippen LogP contribution is 2.34. The molecule has 1 aliphatic rings. The van der Waals surface area contributed by atoms with E-state index in [1.54, 1.807) is 0 Å². The van der Waals surface area contributed by atoms with E-state index >= 15 is 0 Å². The Morgan fingerprint density at radius 1 is 1.10 bits per heavy atom. The summed E-state index contributed by atoms with van der Waals surface area (Å²) in [6, 6.07) is 9.97. The molecule has 20 heavy (non-hydrogen) atoms. The van der Waals surface area contributed by atoms with Crippen LogP contribution in [0.4, 0.5) is 0 Å². The molecule has 0 saturated heterocycles. The van der Waals surface area contributed by atoms with Crippen LogP contribution in [-0.4, -0.2) is 20.1 Å². The Morgan fingerprint density at radius 2 is 1.75 bits per heavy atom. The summed E-state index contributed by atoms with van der Waals surface area (Å²) in [5, 5.41) is 0. The van der Waals surface area contributed by atoms with E-state index in [0.717, 1.165) is 25.0 Å². The lowest BCUT2D eigenvalue weighted by Gasteiger charge is -2.29. The van der Waals surface area contributed by atoms with E-state index in [1.807, 2.05) is 0 Å². The Hall–Kier alpha value is -0.0231. The SMILES string of the molecule is Cc1ccc(C2CCC(OCCC[SiH](Cl)Cl)CC2)cc1. The highest BCUT2D eigenvalue weighted by Gasteiger charge is 2.22. The van der Waals surface area contributed by atoms with E-state index in [0.29, 0.717) is 6.10 Å². The van der Waals surface area contributed by atoms with Crippen LogP contribution in [0.2, 0.25) is 6.04 Å². The molecule has 2 rings (SSSR count). The van der Waals surface area contributed by atoms with Crippen molar-refractivity contribution in [1.29, 1.82) is 0 Å². The minimum Gasteiger partial charge on any atom is -0.378 e. The van der Waals surface area contributed by atoms with Gasteiger partial charge >= 0.3 is 0 Å². The summed E-state index contributed by atoms with van der Waals surface area (Å²) in [6.07, 6.45) is 6.32. The van der Waals surface area contributed by atoms with Gasteiger partial charge in [0.1, 0.15) is 0 Å². The molecule has 0 radical (unpaired) electrons. The third-order valence-electron chi connectivity index (χ3n) is 4.14. The van der Waals surface area contributed by atoms with Crippen LogP contribution in [0.3, 0.4) is 0 Å². The van der Waals surface area contributed by atoms with Crippen molar-refractivity contribution in [3.63, 3.8) is 0 Å². The molecular formula is C16H24Cl2OSi. The van der Waals surface area contributed by atoms with Gasteiger partial charge in [-0.05, 0) is 56.6 Å². The van der Waals surface area contributed by atoms with Crippen molar-refractivity contribution in [2.45, 2.75) is 57.1 Å². The van der Waals surface area contributed by atoms with Crippen molar-refractivity contribution in [3.05, 3.63) is 35.4 Å². The van der Waals surface area contributed by atoms with Gasteiger partial charge in [-0.3, -0.25) is 0 Å². The van der Waals surface area contributed by atoms with Gasteiger partial charge in [0.05, 0.1) is 6.10 Å². The third kappa shape index (κ3) is 5.40. The Bertz CT molecular complexity index is 386. The summed E-state index contributed by atoms with van der Waals surface area (Å²) in [4.78, 5) is 0. The van der Waals surface area contributed by atoms with Gasteiger partial charge in [0.25, 0.3) is 0 Å². The molecule has 1 nitrogen and oxygen atoms in total. The number of benzene rings is 1. The summed E-state index contributed by atoms with van der Waals surface area (Å²) in [5.74, 6) is 0.720. The lowest BCUT2D eigenvalue weighted by atomic mass is 9.82. The fraction of sp³-hybridized carbons (Fsp3) is 0.625. The first-order valence-electron chi connectivity index (χ1n) is 7.61. The fourth-order valence-corrected chi connectivity index (χ4v) is 4.29. The minimum absolute atomic E-state index is 0.447. The number of aryl methyl sites for hydroxylation is 1. The van der Waals surface area contributed by atoms with E-state index in [1.165, 1.54) is 36.8 Å². The molecule has 0 heterocycles. The van der Waals surface area contributed by atoms with Crippen LogP contribution in [-0.2, 0) is 4.74 Å². The molecule has 0 unspecified atom stereocenters. The Balaban J connectivity index is 1.68. The maximum Gasteiger partial charge on any atom is 0.237 e. The van der Waals surface area contributed by atoms with E-state index in [4.69, 9.17) is 26.9 Å². The molecule has 1 aromatic carbocycles. The highest BCUT2D eigenvalue weighted by molar-refractivity contribution is 7.33. The number of ether oxygens (including phenoxy) is 1. The largest absolute Gasteiger partial charge is 0.378 e. The Morgan fingerprint density at radius 3 is 2.35 bits per heavy atom. The monoisotopic (exact) mass is 330 g/mol. The van der Waals surface area contributed by atoms with Crippen LogP contribution in [0.5, 0.6) is 0 Å². The van der Waals surface area contributed by atoms with Gasteiger partial charge in [-0.1, -0.05) is 29.8 Å². The van der Waals surface area contributed by atoms with Crippen molar-refractivity contribution in [1.82, 2.24) is 0 Å². The number of hydrogen-bond acceptors (Lipinski definition) is 1. The predicted molar refractivity (Wildman–Crippen MR) is 90.4 cm³/mol. The molecule has 0 spiro atoms. The average molecular weight is 331 g/mol. The van der Waals surface area contributed by atoms with Gasteiger partial charge in [-0.2, -0.15) is 22.2 Å². The van der Waals surface area contributed by atoms with E-state index in [9.17, 15) is 0 Å². The zero-order chi connectivity index (χ0) is 14.4. The van der Waals surface area contributed by atoms with E-state index in [-0.39, 0.29) is 0 Å². The first-order valence-corrected chi connectivity index (χ1v) is 11.9. The molecule has 1 aliphatic carbocycles. The first kappa shape index (κ1) is 16.3. The van der Waals surface area contributed by atoms with Crippen LogP contribution >= 0.6 is 22.2 Å². The fourth-order valence-electron chi connectivity index (χ4n) is 2.89. The van der Waals surface area contributed by atoms with Gasteiger partial charge in [0.2, 0.25) is 7.42 Å². The molecule has 0 aromatic heterocycles. The van der Waals surface area contributed by atoms with Gasteiger partial charge in [0.15, 0.2) is 0 Å². The zero-order valence-electron chi connectivity index (χ0n) is 12.2. The van der Waals surface area contributed by atoms with Crippen LogP contribution in [0.15, 0.2) is 24.3 Å².